The highest BCUT2D eigenvalue weighted by molar-refractivity contribution is 5.36. The molecule has 0 aliphatic heterocycles. The molecule has 0 N–H and O–H groups in total. The molecular formula is C13H18. The van der Waals surface area contributed by atoms with Crippen LogP contribution >= 0.6 is 0 Å². The smallest absolute Gasteiger partial charge is 0.0251 e. The van der Waals surface area contributed by atoms with Gasteiger partial charge in [0.1, 0.15) is 0 Å². The van der Waals surface area contributed by atoms with E-state index in [1.54, 1.807) is 0 Å². The third kappa shape index (κ3) is 2.21. The molecule has 13 heavy (non-hydrogen) atoms. The molecule has 0 heteroatoms. The van der Waals surface area contributed by atoms with Crippen molar-refractivity contribution in [1.29, 1.82) is 0 Å². The quantitative estimate of drug-likeness (QED) is 0.567. The van der Waals surface area contributed by atoms with Crippen LogP contribution in [0, 0.1) is 5.41 Å². The fraction of sp³-hybridized carbons (Fsp3) is 0.385. The molecule has 1 rings (SSSR count). The fourth-order valence-electron chi connectivity index (χ4n) is 1.49. The van der Waals surface area contributed by atoms with Crippen molar-refractivity contribution in [3.05, 3.63) is 48.1 Å². The van der Waals surface area contributed by atoms with Crippen LogP contribution in [-0.4, -0.2) is 0 Å². The summed E-state index contributed by atoms with van der Waals surface area (Å²) in [5.41, 5.74) is 2.60. The van der Waals surface area contributed by atoms with E-state index in [0.717, 1.165) is 12.0 Å². The van der Waals surface area contributed by atoms with E-state index in [-0.39, 0.29) is 5.41 Å². The first-order chi connectivity index (χ1) is 6.09. The maximum Gasteiger partial charge on any atom is 0.0251 e. The first-order valence-corrected chi connectivity index (χ1v) is 4.82. The monoisotopic (exact) mass is 174 g/mol. The molecule has 1 aliphatic carbocycles. The van der Waals surface area contributed by atoms with Crippen LogP contribution in [-0.2, 0) is 0 Å². The Morgan fingerprint density at radius 2 is 1.85 bits per heavy atom. The van der Waals surface area contributed by atoms with Gasteiger partial charge in [0.2, 0.25) is 0 Å². The van der Waals surface area contributed by atoms with Crippen molar-refractivity contribution in [2.45, 2.75) is 27.2 Å². The topological polar surface area (TPSA) is 0 Å². The minimum Gasteiger partial charge on any atom is -0.0959 e. The highest BCUT2D eigenvalue weighted by Crippen LogP contribution is 2.33. The van der Waals surface area contributed by atoms with Crippen LogP contribution < -0.4 is 0 Å². The van der Waals surface area contributed by atoms with E-state index in [2.05, 4.69) is 57.7 Å². The molecule has 1 aliphatic rings. The fourth-order valence-corrected chi connectivity index (χ4v) is 1.49. The van der Waals surface area contributed by atoms with Crippen LogP contribution in [0.4, 0.5) is 0 Å². The lowest BCUT2D eigenvalue weighted by atomic mass is 9.84. The van der Waals surface area contributed by atoms with Crippen molar-refractivity contribution in [2.75, 3.05) is 0 Å². The van der Waals surface area contributed by atoms with Gasteiger partial charge in [0.25, 0.3) is 0 Å². The largest absolute Gasteiger partial charge is 0.0959 e. The third-order valence-electron chi connectivity index (χ3n) is 2.69. The number of allylic oxidation sites excluding steroid dienone is 7. The summed E-state index contributed by atoms with van der Waals surface area (Å²) in [6.45, 7) is 10.3. The summed E-state index contributed by atoms with van der Waals surface area (Å²) in [7, 11) is 0. The molecular weight excluding hydrogens is 156 g/mol. The van der Waals surface area contributed by atoms with Gasteiger partial charge in [-0.05, 0) is 20.3 Å². The van der Waals surface area contributed by atoms with Crippen LogP contribution in [0.1, 0.15) is 27.2 Å². The average molecular weight is 174 g/mol. The summed E-state index contributed by atoms with van der Waals surface area (Å²) >= 11 is 0. The molecule has 0 aromatic heterocycles. The molecule has 0 bridgehead atoms. The SMILES string of the molecule is C=C(C)C(C)=CC1(CC)C=CC=C1. The third-order valence-corrected chi connectivity index (χ3v) is 2.69. The Hall–Kier alpha value is -1.04. The molecule has 70 valence electrons. The Morgan fingerprint density at radius 3 is 2.23 bits per heavy atom. The highest BCUT2D eigenvalue weighted by Gasteiger charge is 2.20. The molecule has 0 saturated carbocycles. The van der Waals surface area contributed by atoms with Crippen LogP contribution in [0.5, 0.6) is 0 Å². The summed E-state index contributed by atoms with van der Waals surface area (Å²) < 4.78 is 0. The zero-order chi connectivity index (χ0) is 9.90. The van der Waals surface area contributed by atoms with Crippen molar-refractivity contribution in [3.8, 4) is 0 Å². The van der Waals surface area contributed by atoms with Crippen LogP contribution in [0.25, 0.3) is 0 Å². The second-order valence-electron chi connectivity index (χ2n) is 3.79. The molecule has 0 aromatic rings. The Bertz CT molecular complexity index is 275. The van der Waals surface area contributed by atoms with Crippen LogP contribution in [0.15, 0.2) is 48.1 Å². The summed E-state index contributed by atoms with van der Waals surface area (Å²) in [6.07, 6.45) is 12.1. The van der Waals surface area contributed by atoms with Gasteiger partial charge in [-0.1, -0.05) is 55.0 Å². The number of rotatable bonds is 3. The summed E-state index contributed by atoms with van der Waals surface area (Å²) in [5.74, 6) is 0. The molecule has 0 radical (unpaired) electrons. The molecule has 0 saturated heterocycles. The van der Waals surface area contributed by atoms with Crippen molar-refractivity contribution in [1.82, 2.24) is 0 Å². The van der Waals surface area contributed by atoms with Crippen molar-refractivity contribution < 1.29 is 0 Å². The molecule has 0 heterocycles. The van der Waals surface area contributed by atoms with Gasteiger partial charge in [-0.15, -0.1) is 0 Å². The molecule has 0 aromatic carbocycles. The minimum absolute atomic E-state index is 0.156. The zero-order valence-corrected chi connectivity index (χ0v) is 8.80. The van der Waals surface area contributed by atoms with E-state index < -0.39 is 0 Å². The van der Waals surface area contributed by atoms with Crippen molar-refractivity contribution in [2.24, 2.45) is 5.41 Å². The van der Waals surface area contributed by atoms with Gasteiger partial charge in [-0.25, -0.2) is 0 Å². The standard InChI is InChI=1S/C13H18/c1-5-13(8-6-7-9-13)10-12(4)11(2)3/h6-10H,2,5H2,1,3-4H3. The van der Waals surface area contributed by atoms with Gasteiger partial charge in [0.05, 0.1) is 0 Å². The van der Waals surface area contributed by atoms with Gasteiger partial charge in [-0.3, -0.25) is 0 Å². The summed E-state index contributed by atoms with van der Waals surface area (Å²) in [5, 5.41) is 0. The number of hydrogen-bond donors (Lipinski definition) is 0. The van der Waals surface area contributed by atoms with Gasteiger partial charge >= 0.3 is 0 Å². The second-order valence-corrected chi connectivity index (χ2v) is 3.79. The first-order valence-electron chi connectivity index (χ1n) is 4.82. The maximum atomic E-state index is 3.95. The molecule has 0 fully saturated rings. The first kappa shape index (κ1) is 10.0. The number of hydrogen-bond acceptors (Lipinski definition) is 0. The molecule has 0 atom stereocenters. The summed E-state index contributed by atoms with van der Waals surface area (Å²) in [4.78, 5) is 0. The Morgan fingerprint density at radius 1 is 1.31 bits per heavy atom. The van der Waals surface area contributed by atoms with E-state index in [0.29, 0.717) is 0 Å². The Labute approximate surface area is 81.4 Å². The average Bonchev–Trinajstić information content (AvgIpc) is 2.54. The van der Waals surface area contributed by atoms with Crippen LogP contribution in [0.3, 0.4) is 0 Å². The molecule has 0 spiro atoms. The predicted octanol–water partition coefficient (Wildman–Crippen LogP) is 4.03. The second kappa shape index (κ2) is 3.78. The normalized spacial score (nSPS) is 19.5. The molecule has 0 unspecified atom stereocenters. The molecule has 0 nitrogen and oxygen atoms in total. The van der Waals surface area contributed by atoms with Gasteiger partial charge in [-0.2, -0.15) is 0 Å². The van der Waals surface area contributed by atoms with Crippen molar-refractivity contribution in [3.63, 3.8) is 0 Å². The Kier molecular flexibility index (Phi) is 2.92. The van der Waals surface area contributed by atoms with E-state index >= 15 is 0 Å². The van der Waals surface area contributed by atoms with Gasteiger partial charge in [0, 0.05) is 5.41 Å². The Balaban J connectivity index is 2.92. The lowest BCUT2D eigenvalue weighted by Gasteiger charge is -2.20. The predicted molar refractivity (Wildman–Crippen MR) is 59.6 cm³/mol. The van der Waals surface area contributed by atoms with Gasteiger partial charge < -0.3 is 0 Å². The summed E-state index contributed by atoms with van der Waals surface area (Å²) in [6, 6.07) is 0. The lowest BCUT2D eigenvalue weighted by molar-refractivity contribution is 0.607. The highest BCUT2D eigenvalue weighted by atomic mass is 14.2. The van der Waals surface area contributed by atoms with Crippen LogP contribution in [0.2, 0.25) is 0 Å². The van der Waals surface area contributed by atoms with E-state index in [9.17, 15) is 0 Å². The maximum absolute atomic E-state index is 3.95. The lowest BCUT2D eigenvalue weighted by Crippen LogP contribution is -2.08. The van der Waals surface area contributed by atoms with E-state index in [4.69, 9.17) is 0 Å². The van der Waals surface area contributed by atoms with Crippen molar-refractivity contribution >= 4 is 0 Å². The van der Waals surface area contributed by atoms with E-state index in [1.165, 1.54) is 5.57 Å². The minimum atomic E-state index is 0.156. The molecule has 0 amide bonds. The van der Waals surface area contributed by atoms with Gasteiger partial charge in [0.15, 0.2) is 0 Å². The van der Waals surface area contributed by atoms with E-state index in [1.807, 2.05) is 0 Å². The zero-order valence-electron chi connectivity index (χ0n) is 8.80.